The van der Waals surface area contributed by atoms with Crippen LogP contribution in [0, 0.1) is 20.8 Å². The maximum atomic E-state index is 5.37. The van der Waals surface area contributed by atoms with Crippen molar-refractivity contribution in [2.24, 2.45) is 0 Å². The molecule has 3 heterocycles. The van der Waals surface area contributed by atoms with E-state index in [-0.39, 0.29) is 0 Å². The number of aromatic nitrogens is 4. The Morgan fingerprint density at radius 3 is 2.45 bits per heavy atom. The molecule has 0 aliphatic heterocycles. The molecule has 0 N–H and O–H groups in total. The van der Waals surface area contributed by atoms with Gasteiger partial charge in [-0.25, -0.2) is 4.98 Å². The smallest absolute Gasteiger partial charge is 0.141 e. The van der Waals surface area contributed by atoms with Gasteiger partial charge in [0.05, 0.1) is 30.0 Å². The molecule has 0 atom stereocenters. The molecule has 0 unspecified atom stereocenters. The Kier molecular flexibility index (Phi) is 3.87. The summed E-state index contributed by atoms with van der Waals surface area (Å²) in [5.41, 5.74) is 6.80. The zero-order valence-corrected chi connectivity index (χ0v) is 16.7. The molecule has 144 valence electrons. The van der Waals surface area contributed by atoms with Crippen molar-refractivity contribution < 1.29 is 9.26 Å². The summed E-state index contributed by atoms with van der Waals surface area (Å²) in [5, 5.41) is 5.14. The molecule has 6 nitrogen and oxygen atoms in total. The molecule has 0 bridgehead atoms. The van der Waals surface area contributed by atoms with Crippen LogP contribution in [0.2, 0.25) is 0 Å². The Balaban J connectivity index is 1.82. The Hall–Kier alpha value is -3.67. The van der Waals surface area contributed by atoms with E-state index in [1.165, 1.54) is 0 Å². The maximum absolute atomic E-state index is 5.37. The zero-order chi connectivity index (χ0) is 20.1. The molecule has 29 heavy (non-hydrogen) atoms. The zero-order valence-electron chi connectivity index (χ0n) is 16.7. The highest BCUT2D eigenvalue weighted by molar-refractivity contribution is 6.04. The highest BCUT2D eigenvalue weighted by atomic mass is 16.5. The molecule has 3 aromatic heterocycles. The quantitative estimate of drug-likeness (QED) is 0.430. The van der Waals surface area contributed by atoms with Gasteiger partial charge in [-0.05, 0) is 62.7 Å². The van der Waals surface area contributed by atoms with E-state index >= 15 is 0 Å². The topological polar surface area (TPSA) is 66.0 Å². The highest BCUT2D eigenvalue weighted by Crippen LogP contribution is 2.33. The molecule has 5 aromatic rings. The number of imidazole rings is 1. The summed E-state index contributed by atoms with van der Waals surface area (Å²) in [6.07, 6.45) is 1.83. The number of methoxy groups -OCH3 is 1. The molecule has 6 heteroatoms. The predicted octanol–water partition coefficient (Wildman–Crippen LogP) is 5.16. The van der Waals surface area contributed by atoms with Gasteiger partial charge in [-0.3, -0.25) is 9.55 Å². The third kappa shape index (κ3) is 2.68. The van der Waals surface area contributed by atoms with E-state index in [1.54, 1.807) is 7.11 Å². The fourth-order valence-corrected chi connectivity index (χ4v) is 3.97. The first-order valence-electron chi connectivity index (χ1n) is 9.42. The monoisotopic (exact) mass is 384 g/mol. The molecule has 5 rings (SSSR count). The van der Waals surface area contributed by atoms with Crippen LogP contribution in [0.5, 0.6) is 5.75 Å². The lowest BCUT2D eigenvalue weighted by molar-refractivity contribution is 0.393. The van der Waals surface area contributed by atoms with Gasteiger partial charge in [-0.2, -0.15) is 0 Å². The molecule has 0 saturated heterocycles. The van der Waals surface area contributed by atoms with Crippen LogP contribution in [-0.2, 0) is 0 Å². The molecule has 2 aromatic carbocycles. The number of pyridine rings is 1. The molecule has 0 amide bonds. The summed E-state index contributed by atoms with van der Waals surface area (Å²) < 4.78 is 12.8. The van der Waals surface area contributed by atoms with Crippen LogP contribution in [0.25, 0.3) is 38.8 Å². The Labute approximate surface area is 167 Å². The Morgan fingerprint density at radius 2 is 1.76 bits per heavy atom. The number of nitrogens with zero attached hydrogens (tertiary/aromatic N) is 4. The summed E-state index contributed by atoms with van der Waals surface area (Å²) in [6.45, 7) is 5.90. The van der Waals surface area contributed by atoms with E-state index < -0.39 is 0 Å². The van der Waals surface area contributed by atoms with Gasteiger partial charge in [-0.15, -0.1) is 0 Å². The van der Waals surface area contributed by atoms with Gasteiger partial charge in [0.25, 0.3) is 0 Å². The number of fused-ring (bicyclic) bond motifs is 3. The SMILES string of the molecule is COc1ccc(-n2c(C)nc3cnc4ccc(-c5c(C)noc5C)cc4c32)cc1. The fraction of sp³-hybridized carbons (Fsp3) is 0.174. The van der Waals surface area contributed by atoms with Gasteiger partial charge >= 0.3 is 0 Å². The van der Waals surface area contributed by atoms with E-state index in [2.05, 4.69) is 26.8 Å². The van der Waals surface area contributed by atoms with Gasteiger partial charge in [0, 0.05) is 16.6 Å². The van der Waals surface area contributed by atoms with Gasteiger partial charge in [-0.1, -0.05) is 11.2 Å². The summed E-state index contributed by atoms with van der Waals surface area (Å²) in [7, 11) is 1.67. The minimum absolute atomic E-state index is 0.807. The van der Waals surface area contributed by atoms with Crippen molar-refractivity contribution in [2.75, 3.05) is 7.11 Å². The van der Waals surface area contributed by atoms with Crippen LogP contribution in [0.4, 0.5) is 0 Å². The molecule has 0 spiro atoms. The first-order chi connectivity index (χ1) is 14.1. The lowest BCUT2D eigenvalue weighted by atomic mass is 10.0. The van der Waals surface area contributed by atoms with Crippen molar-refractivity contribution in [3.8, 4) is 22.6 Å². The fourth-order valence-electron chi connectivity index (χ4n) is 3.97. The molecule has 0 radical (unpaired) electrons. The van der Waals surface area contributed by atoms with Crippen molar-refractivity contribution in [3.63, 3.8) is 0 Å². The van der Waals surface area contributed by atoms with Crippen LogP contribution in [0.1, 0.15) is 17.3 Å². The minimum Gasteiger partial charge on any atom is -0.497 e. The molecule has 0 aliphatic rings. The summed E-state index contributed by atoms with van der Waals surface area (Å²) in [5.74, 6) is 2.53. The number of rotatable bonds is 3. The Bertz CT molecular complexity index is 1340. The average Bonchev–Trinajstić information content (AvgIpc) is 3.26. The van der Waals surface area contributed by atoms with Crippen molar-refractivity contribution >= 4 is 21.9 Å². The van der Waals surface area contributed by atoms with E-state index in [9.17, 15) is 0 Å². The average molecular weight is 384 g/mol. The van der Waals surface area contributed by atoms with E-state index in [0.717, 1.165) is 61.8 Å². The highest BCUT2D eigenvalue weighted by Gasteiger charge is 2.16. The van der Waals surface area contributed by atoms with Crippen LogP contribution in [-0.4, -0.2) is 26.8 Å². The van der Waals surface area contributed by atoms with Crippen LogP contribution >= 0.6 is 0 Å². The van der Waals surface area contributed by atoms with E-state index in [4.69, 9.17) is 14.2 Å². The number of hydrogen-bond acceptors (Lipinski definition) is 5. The maximum Gasteiger partial charge on any atom is 0.141 e. The lowest BCUT2D eigenvalue weighted by Crippen LogP contribution is -1.98. The van der Waals surface area contributed by atoms with Crippen LogP contribution in [0.15, 0.2) is 53.2 Å². The second-order valence-corrected chi connectivity index (χ2v) is 7.12. The van der Waals surface area contributed by atoms with Crippen molar-refractivity contribution in [3.05, 3.63) is 65.9 Å². The second-order valence-electron chi connectivity index (χ2n) is 7.12. The standard InChI is InChI=1S/C23H20N4O2/c1-13-22(14(2)29-26-13)16-5-10-20-19(11-16)23-21(12-24-20)25-15(3)27(23)17-6-8-18(28-4)9-7-17/h5-12H,1-4H3. The summed E-state index contributed by atoms with van der Waals surface area (Å²) in [6, 6.07) is 14.2. The van der Waals surface area contributed by atoms with E-state index in [0.29, 0.717) is 0 Å². The molecule has 0 aliphatic carbocycles. The number of hydrogen-bond donors (Lipinski definition) is 0. The first-order valence-corrected chi connectivity index (χ1v) is 9.42. The normalized spacial score (nSPS) is 11.4. The van der Waals surface area contributed by atoms with Gasteiger partial charge < -0.3 is 9.26 Å². The molecular weight excluding hydrogens is 364 g/mol. The van der Waals surface area contributed by atoms with Gasteiger partial charge in [0.1, 0.15) is 22.9 Å². The minimum atomic E-state index is 0.807. The molecule has 0 saturated carbocycles. The van der Waals surface area contributed by atoms with Crippen molar-refractivity contribution in [1.82, 2.24) is 19.7 Å². The van der Waals surface area contributed by atoms with Gasteiger partial charge in [0.2, 0.25) is 0 Å². The number of ether oxygens (including phenoxy) is 1. The lowest BCUT2D eigenvalue weighted by Gasteiger charge is -2.10. The summed E-state index contributed by atoms with van der Waals surface area (Å²) in [4.78, 5) is 9.37. The first kappa shape index (κ1) is 17.4. The molecular formula is C23H20N4O2. The number of aryl methyl sites for hydroxylation is 3. The van der Waals surface area contributed by atoms with Crippen molar-refractivity contribution in [2.45, 2.75) is 20.8 Å². The Morgan fingerprint density at radius 1 is 0.966 bits per heavy atom. The second kappa shape index (κ2) is 6.44. The predicted molar refractivity (Wildman–Crippen MR) is 113 cm³/mol. The van der Waals surface area contributed by atoms with Gasteiger partial charge in [0.15, 0.2) is 0 Å². The third-order valence-electron chi connectivity index (χ3n) is 5.30. The number of benzene rings is 2. The largest absolute Gasteiger partial charge is 0.497 e. The molecule has 0 fully saturated rings. The summed E-state index contributed by atoms with van der Waals surface area (Å²) >= 11 is 0. The van der Waals surface area contributed by atoms with E-state index in [1.807, 2.05) is 57.3 Å². The van der Waals surface area contributed by atoms with Crippen LogP contribution < -0.4 is 4.74 Å². The third-order valence-corrected chi connectivity index (χ3v) is 5.30. The van der Waals surface area contributed by atoms with Crippen molar-refractivity contribution in [1.29, 1.82) is 0 Å². The van der Waals surface area contributed by atoms with Crippen LogP contribution in [0.3, 0.4) is 0 Å².